The highest BCUT2D eigenvalue weighted by atomic mass is 19.1. The van der Waals surface area contributed by atoms with Crippen LogP contribution in [0, 0.1) is 5.82 Å². The number of ether oxygens (including phenoxy) is 2. The van der Waals surface area contributed by atoms with E-state index in [0.717, 1.165) is 5.06 Å². The summed E-state index contributed by atoms with van der Waals surface area (Å²) < 4.78 is 23.2. The molecule has 1 rings (SSSR count). The van der Waals surface area contributed by atoms with Crippen LogP contribution >= 0.6 is 0 Å². The molecule has 1 aromatic rings. The Hall–Kier alpha value is -1.33. The molecule has 15 heavy (non-hydrogen) atoms. The molecule has 1 N–H and O–H groups in total. The molecule has 0 amide bonds. The SMILES string of the molecule is COc1cc(CN(C)O)cc(OC)c1F. The molecular formula is C10H14FNO3. The van der Waals surface area contributed by atoms with Gasteiger partial charge in [-0.25, -0.2) is 0 Å². The zero-order valence-corrected chi connectivity index (χ0v) is 8.95. The number of hydrogen-bond donors (Lipinski definition) is 1. The number of hydroxylamine groups is 2. The third kappa shape index (κ3) is 2.81. The monoisotopic (exact) mass is 215 g/mol. The highest BCUT2D eigenvalue weighted by Crippen LogP contribution is 2.28. The van der Waals surface area contributed by atoms with E-state index in [4.69, 9.17) is 14.7 Å². The van der Waals surface area contributed by atoms with Crippen LogP contribution in [0.5, 0.6) is 11.5 Å². The normalized spacial score (nSPS) is 10.5. The van der Waals surface area contributed by atoms with Crippen LogP contribution in [0.15, 0.2) is 12.1 Å². The molecule has 0 aliphatic heterocycles. The van der Waals surface area contributed by atoms with E-state index < -0.39 is 5.82 Å². The van der Waals surface area contributed by atoms with Crippen LogP contribution in [-0.4, -0.2) is 31.5 Å². The first-order chi connectivity index (χ1) is 7.08. The molecule has 1 aromatic carbocycles. The summed E-state index contributed by atoms with van der Waals surface area (Å²) in [6.45, 7) is 0.271. The Labute approximate surface area is 87.8 Å². The number of rotatable bonds is 4. The van der Waals surface area contributed by atoms with Gasteiger partial charge >= 0.3 is 0 Å². The van der Waals surface area contributed by atoms with Crippen LogP contribution in [0.2, 0.25) is 0 Å². The van der Waals surface area contributed by atoms with Gasteiger partial charge in [0.2, 0.25) is 5.82 Å². The van der Waals surface area contributed by atoms with Gasteiger partial charge < -0.3 is 14.7 Å². The lowest BCUT2D eigenvalue weighted by atomic mass is 10.2. The van der Waals surface area contributed by atoms with E-state index >= 15 is 0 Å². The predicted molar refractivity (Wildman–Crippen MR) is 52.8 cm³/mol. The van der Waals surface area contributed by atoms with Crippen molar-refractivity contribution in [3.8, 4) is 11.5 Å². The van der Waals surface area contributed by atoms with E-state index in [1.165, 1.54) is 33.4 Å². The van der Waals surface area contributed by atoms with Crippen molar-refractivity contribution >= 4 is 0 Å². The number of benzene rings is 1. The number of halogens is 1. The summed E-state index contributed by atoms with van der Waals surface area (Å²) in [6, 6.07) is 3.04. The first-order valence-corrected chi connectivity index (χ1v) is 4.39. The third-order valence-electron chi connectivity index (χ3n) is 1.92. The molecule has 0 radical (unpaired) electrons. The standard InChI is InChI=1S/C10H14FNO3/c1-12(13)6-7-4-8(14-2)10(11)9(5-7)15-3/h4-5,13H,6H2,1-3H3. The Morgan fingerprint density at radius 3 is 2.07 bits per heavy atom. The van der Waals surface area contributed by atoms with Gasteiger partial charge in [0.25, 0.3) is 0 Å². The van der Waals surface area contributed by atoms with Crippen LogP contribution in [0.1, 0.15) is 5.56 Å². The van der Waals surface area contributed by atoms with Crippen LogP contribution in [0.3, 0.4) is 0 Å². The molecule has 0 aliphatic carbocycles. The van der Waals surface area contributed by atoms with Gasteiger partial charge in [-0.1, -0.05) is 0 Å². The van der Waals surface area contributed by atoms with Crippen molar-refractivity contribution in [1.29, 1.82) is 0 Å². The summed E-state index contributed by atoms with van der Waals surface area (Å²) in [5.41, 5.74) is 0.704. The van der Waals surface area contributed by atoms with Crippen molar-refractivity contribution in [2.24, 2.45) is 0 Å². The van der Waals surface area contributed by atoms with E-state index in [1.54, 1.807) is 0 Å². The zero-order valence-electron chi connectivity index (χ0n) is 8.95. The van der Waals surface area contributed by atoms with Crippen molar-refractivity contribution < 1.29 is 19.1 Å². The predicted octanol–water partition coefficient (Wildman–Crippen LogP) is 1.66. The minimum Gasteiger partial charge on any atom is -0.494 e. The van der Waals surface area contributed by atoms with Crippen molar-refractivity contribution in [3.63, 3.8) is 0 Å². The van der Waals surface area contributed by atoms with Gasteiger partial charge in [0.1, 0.15) is 0 Å². The second-order valence-corrected chi connectivity index (χ2v) is 3.13. The highest BCUT2D eigenvalue weighted by Gasteiger charge is 2.12. The molecule has 5 heteroatoms. The van der Waals surface area contributed by atoms with Gasteiger partial charge in [-0.05, 0) is 17.7 Å². The fourth-order valence-electron chi connectivity index (χ4n) is 1.28. The molecule has 0 heterocycles. The maximum atomic E-state index is 13.5. The van der Waals surface area contributed by atoms with E-state index in [-0.39, 0.29) is 18.0 Å². The maximum absolute atomic E-state index is 13.5. The van der Waals surface area contributed by atoms with Crippen LogP contribution < -0.4 is 9.47 Å². The average molecular weight is 215 g/mol. The smallest absolute Gasteiger partial charge is 0.206 e. The van der Waals surface area contributed by atoms with Crippen LogP contribution in [-0.2, 0) is 6.54 Å². The first kappa shape index (κ1) is 11.7. The number of methoxy groups -OCH3 is 2. The molecule has 0 spiro atoms. The van der Waals surface area contributed by atoms with Crippen molar-refractivity contribution in [1.82, 2.24) is 5.06 Å². The van der Waals surface area contributed by atoms with Crippen molar-refractivity contribution in [3.05, 3.63) is 23.5 Å². The number of nitrogens with zero attached hydrogens (tertiary/aromatic N) is 1. The molecule has 0 fully saturated rings. The summed E-state index contributed by atoms with van der Waals surface area (Å²) >= 11 is 0. The minimum absolute atomic E-state index is 0.103. The lowest BCUT2D eigenvalue weighted by molar-refractivity contribution is -0.0732. The summed E-state index contributed by atoms with van der Waals surface area (Å²) in [5, 5.41) is 10.1. The molecule has 0 atom stereocenters. The summed E-state index contributed by atoms with van der Waals surface area (Å²) in [6.07, 6.45) is 0. The van der Waals surface area contributed by atoms with Crippen LogP contribution in [0.25, 0.3) is 0 Å². The number of hydrogen-bond acceptors (Lipinski definition) is 4. The van der Waals surface area contributed by atoms with E-state index in [0.29, 0.717) is 5.56 Å². The Morgan fingerprint density at radius 2 is 1.73 bits per heavy atom. The van der Waals surface area contributed by atoms with Crippen molar-refractivity contribution in [2.45, 2.75) is 6.54 Å². The van der Waals surface area contributed by atoms with Gasteiger partial charge in [-0.15, -0.1) is 0 Å². The molecule has 0 unspecified atom stereocenters. The second-order valence-electron chi connectivity index (χ2n) is 3.13. The Kier molecular flexibility index (Phi) is 3.88. The fraction of sp³-hybridized carbons (Fsp3) is 0.400. The van der Waals surface area contributed by atoms with Crippen LogP contribution in [0.4, 0.5) is 4.39 Å². The third-order valence-corrected chi connectivity index (χ3v) is 1.92. The van der Waals surface area contributed by atoms with Gasteiger partial charge in [0, 0.05) is 13.6 Å². The largest absolute Gasteiger partial charge is 0.494 e. The lowest BCUT2D eigenvalue weighted by Gasteiger charge is -2.12. The highest BCUT2D eigenvalue weighted by molar-refractivity contribution is 5.40. The van der Waals surface area contributed by atoms with Gasteiger partial charge in [0.15, 0.2) is 11.5 Å². The molecule has 0 aromatic heterocycles. The molecule has 0 bridgehead atoms. The quantitative estimate of drug-likeness (QED) is 0.776. The summed E-state index contributed by atoms with van der Waals surface area (Å²) in [5.74, 6) is -0.332. The Bertz CT molecular complexity index is 316. The molecular weight excluding hydrogens is 201 g/mol. The van der Waals surface area contributed by atoms with Gasteiger partial charge in [-0.2, -0.15) is 9.45 Å². The van der Waals surface area contributed by atoms with Crippen molar-refractivity contribution in [2.75, 3.05) is 21.3 Å². The molecule has 0 saturated heterocycles. The lowest BCUT2D eigenvalue weighted by Crippen LogP contribution is -2.12. The Balaban J connectivity index is 3.09. The zero-order chi connectivity index (χ0) is 11.4. The molecule has 4 nitrogen and oxygen atoms in total. The van der Waals surface area contributed by atoms with E-state index in [1.807, 2.05) is 0 Å². The Morgan fingerprint density at radius 1 is 1.27 bits per heavy atom. The second kappa shape index (κ2) is 4.95. The maximum Gasteiger partial charge on any atom is 0.206 e. The van der Waals surface area contributed by atoms with E-state index in [9.17, 15) is 4.39 Å². The summed E-state index contributed by atoms with van der Waals surface area (Å²) in [7, 11) is 4.26. The van der Waals surface area contributed by atoms with Gasteiger partial charge in [-0.3, -0.25) is 0 Å². The molecule has 0 saturated carbocycles. The molecule has 0 aliphatic rings. The topological polar surface area (TPSA) is 41.9 Å². The fourth-order valence-corrected chi connectivity index (χ4v) is 1.28. The average Bonchev–Trinajstić information content (AvgIpc) is 2.19. The van der Waals surface area contributed by atoms with Gasteiger partial charge in [0.05, 0.1) is 14.2 Å². The molecule has 84 valence electrons. The minimum atomic E-state index is -0.538. The summed E-state index contributed by atoms with van der Waals surface area (Å²) in [4.78, 5) is 0. The van der Waals surface area contributed by atoms with E-state index in [2.05, 4.69) is 0 Å². The first-order valence-electron chi connectivity index (χ1n) is 4.39.